The van der Waals surface area contributed by atoms with Gasteiger partial charge in [-0.15, -0.1) is 0 Å². The number of nitrogens with zero attached hydrogens (tertiary/aromatic N) is 2. The van der Waals surface area contributed by atoms with E-state index in [0.29, 0.717) is 17.2 Å². The van der Waals surface area contributed by atoms with Gasteiger partial charge >= 0.3 is 0 Å². The third kappa shape index (κ3) is 1.46. The molecular weight excluding hydrogens is 168 g/mol. The number of hydrogen-bond donors (Lipinski definition) is 1. The average molecular weight is 182 g/mol. The molecule has 1 fully saturated rings. The average Bonchev–Trinajstić information content (AvgIpc) is 2.50. The summed E-state index contributed by atoms with van der Waals surface area (Å²) in [4.78, 5) is 4.14. The third-order valence-electron chi connectivity index (χ3n) is 2.64. The zero-order valence-corrected chi connectivity index (χ0v) is 8.11. The number of rotatable bonds is 2. The highest BCUT2D eigenvalue weighted by Gasteiger charge is 2.49. The largest absolute Gasteiger partial charge is 0.384 e. The molecule has 1 saturated carbocycles. The predicted octanol–water partition coefficient (Wildman–Crippen LogP) is 1.64. The van der Waals surface area contributed by atoms with Gasteiger partial charge in [-0.3, -0.25) is 0 Å². The van der Waals surface area contributed by atoms with Gasteiger partial charge in [0.15, 0.2) is 5.82 Å². The summed E-state index contributed by atoms with van der Waals surface area (Å²) < 4.78 is 4.91. The number of aliphatic hydroxyl groups is 1. The van der Waals surface area contributed by atoms with Crippen molar-refractivity contribution in [1.82, 2.24) is 10.1 Å². The van der Waals surface area contributed by atoms with Gasteiger partial charge in [-0.05, 0) is 18.8 Å². The number of aromatic nitrogens is 2. The molecule has 1 N–H and O–H groups in total. The van der Waals surface area contributed by atoms with E-state index in [0.717, 1.165) is 12.2 Å². The molecule has 1 unspecified atom stereocenters. The molecule has 1 aliphatic carbocycles. The first kappa shape index (κ1) is 8.69. The highest BCUT2D eigenvalue weighted by molar-refractivity contribution is 5.14. The summed E-state index contributed by atoms with van der Waals surface area (Å²) in [7, 11) is 0. The van der Waals surface area contributed by atoms with Crippen molar-refractivity contribution in [3.05, 3.63) is 11.7 Å². The minimum atomic E-state index is -0.664. The van der Waals surface area contributed by atoms with Crippen LogP contribution in [0.15, 0.2) is 4.52 Å². The molecule has 4 heteroatoms. The molecule has 4 nitrogen and oxygen atoms in total. The second-order valence-electron chi connectivity index (χ2n) is 4.41. The Balaban J connectivity index is 2.16. The first-order chi connectivity index (χ1) is 6.00. The van der Waals surface area contributed by atoms with Crippen LogP contribution in [-0.2, 0) is 0 Å². The maximum atomic E-state index is 9.17. The minimum Gasteiger partial charge on any atom is -0.384 e. The lowest BCUT2D eigenvalue weighted by Gasteiger charge is -1.96. The van der Waals surface area contributed by atoms with Crippen LogP contribution in [0.4, 0.5) is 0 Å². The van der Waals surface area contributed by atoms with E-state index in [1.807, 2.05) is 0 Å². The van der Waals surface area contributed by atoms with Crippen molar-refractivity contribution < 1.29 is 9.63 Å². The highest BCUT2D eigenvalue weighted by Crippen LogP contribution is 2.57. The maximum Gasteiger partial charge on any atom is 0.255 e. The summed E-state index contributed by atoms with van der Waals surface area (Å²) in [6, 6.07) is 0. The van der Waals surface area contributed by atoms with Crippen molar-refractivity contribution in [2.45, 2.75) is 39.2 Å². The molecular formula is C9H14N2O2. The summed E-state index contributed by atoms with van der Waals surface area (Å²) in [5, 5.41) is 13.0. The standard InChI is InChI=1S/C9H14N2O2/c1-5(12)8-10-7(11-13-8)6-4-9(6,2)3/h5-6,12H,4H2,1-3H3/t5-,6?/m0/s1. The molecule has 0 aromatic carbocycles. The second kappa shape index (κ2) is 2.54. The molecule has 13 heavy (non-hydrogen) atoms. The Morgan fingerprint density at radius 3 is 2.62 bits per heavy atom. The zero-order valence-electron chi connectivity index (χ0n) is 8.11. The van der Waals surface area contributed by atoms with Gasteiger partial charge in [0.1, 0.15) is 6.10 Å². The van der Waals surface area contributed by atoms with E-state index in [4.69, 9.17) is 4.52 Å². The van der Waals surface area contributed by atoms with Crippen molar-refractivity contribution >= 4 is 0 Å². The van der Waals surface area contributed by atoms with Crippen LogP contribution in [-0.4, -0.2) is 15.2 Å². The van der Waals surface area contributed by atoms with Crippen LogP contribution in [0.25, 0.3) is 0 Å². The predicted molar refractivity (Wildman–Crippen MR) is 46.1 cm³/mol. The molecule has 2 atom stereocenters. The van der Waals surface area contributed by atoms with Crippen LogP contribution < -0.4 is 0 Å². The van der Waals surface area contributed by atoms with E-state index in [1.54, 1.807) is 6.92 Å². The smallest absolute Gasteiger partial charge is 0.255 e. The Kier molecular flexibility index (Phi) is 1.70. The van der Waals surface area contributed by atoms with Crippen LogP contribution in [0.3, 0.4) is 0 Å². The van der Waals surface area contributed by atoms with Gasteiger partial charge in [0.25, 0.3) is 5.89 Å². The van der Waals surface area contributed by atoms with E-state index < -0.39 is 6.10 Å². The molecule has 0 bridgehead atoms. The SMILES string of the molecule is C[C@H](O)c1nc(C2CC2(C)C)no1. The van der Waals surface area contributed by atoms with Crippen molar-refractivity contribution in [2.75, 3.05) is 0 Å². The first-order valence-electron chi connectivity index (χ1n) is 4.52. The molecule has 0 spiro atoms. The summed E-state index contributed by atoms with van der Waals surface area (Å²) >= 11 is 0. The van der Waals surface area contributed by atoms with E-state index in [2.05, 4.69) is 24.0 Å². The summed E-state index contributed by atoms with van der Waals surface area (Å²) in [6.07, 6.45) is 0.439. The quantitative estimate of drug-likeness (QED) is 0.755. The molecule has 2 rings (SSSR count). The van der Waals surface area contributed by atoms with Crippen LogP contribution in [0.5, 0.6) is 0 Å². The Morgan fingerprint density at radius 2 is 2.23 bits per heavy atom. The lowest BCUT2D eigenvalue weighted by Crippen LogP contribution is -1.94. The first-order valence-corrected chi connectivity index (χ1v) is 4.52. The highest BCUT2D eigenvalue weighted by atomic mass is 16.5. The lowest BCUT2D eigenvalue weighted by molar-refractivity contribution is 0.151. The Morgan fingerprint density at radius 1 is 1.62 bits per heavy atom. The van der Waals surface area contributed by atoms with Gasteiger partial charge in [0, 0.05) is 5.92 Å². The fourth-order valence-electron chi connectivity index (χ4n) is 1.47. The van der Waals surface area contributed by atoms with Crippen LogP contribution in [0, 0.1) is 5.41 Å². The van der Waals surface area contributed by atoms with Crippen LogP contribution in [0.1, 0.15) is 50.9 Å². The Labute approximate surface area is 77.0 Å². The fraction of sp³-hybridized carbons (Fsp3) is 0.778. The minimum absolute atomic E-state index is 0.305. The van der Waals surface area contributed by atoms with E-state index in [9.17, 15) is 5.11 Å². The number of hydrogen-bond acceptors (Lipinski definition) is 4. The van der Waals surface area contributed by atoms with Crippen LogP contribution >= 0.6 is 0 Å². The topological polar surface area (TPSA) is 59.2 Å². The van der Waals surface area contributed by atoms with Crippen molar-refractivity contribution in [2.24, 2.45) is 5.41 Å². The lowest BCUT2D eigenvalue weighted by atomic mass is 10.1. The normalized spacial score (nSPS) is 27.2. The van der Waals surface area contributed by atoms with Gasteiger partial charge in [0.05, 0.1) is 0 Å². The Bertz CT molecular complexity index is 317. The van der Waals surface area contributed by atoms with Crippen molar-refractivity contribution in [1.29, 1.82) is 0 Å². The van der Waals surface area contributed by atoms with Gasteiger partial charge in [-0.2, -0.15) is 4.98 Å². The van der Waals surface area contributed by atoms with Gasteiger partial charge in [-0.25, -0.2) is 0 Å². The Hall–Kier alpha value is -0.900. The number of aliphatic hydroxyl groups excluding tert-OH is 1. The summed E-state index contributed by atoms with van der Waals surface area (Å²) in [6.45, 7) is 5.97. The monoisotopic (exact) mass is 182 g/mol. The van der Waals surface area contributed by atoms with Gasteiger partial charge in [-0.1, -0.05) is 19.0 Å². The molecule has 0 amide bonds. The van der Waals surface area contributed by atoms with Crippen molar-refractivity contribution in [3.8, 4) is 0 Å². The summed E-state index contributed by atoms with van der Waals surface area (Å²) in [5.41, 5.74) is 0.305. The van der Waals surface area contributed by atoms with Crippen LogP contribution in [0.2, 0.25) is 0 Å². The molecule has 1 aliphatic rings. The molecule has 1 aromatic heterocycles. The van der Waals surface area contributed by atoms with E-state index in [1.165, 1.54) is 0 Å². The zero-order chi connectivity index (χ0) is 9.64. The molecule has 1 aromatic rings. The van der Waals surface area contributed by atoms with Gasteiger partial charge in [0.2, 0.25) is 0 Å². The summed E-state index contributed by atoms with van der Waals surface area (Å²) in [5.74, 6) is 1.46. The van der Waals surface area contributed by atoms with E-state index >= 15 is 0 Å². The fourth-order valence-corrected chi connectivity index (χ4v) is 1.47. The third-order valence-corrected chi connectivity index (χ3v) is 2.64. The maximum absolute atomic E-state index is 9.17. The molecule has 1 heterocycles. The molecule has 72 valence electrons. The molecule has 0 aliphatic heterocycles. The second-order valence-corrected chi connectivity index (χ2v) is 4.41. The van der Waals surface area contributed by atoms with Gasteiger partial charge < -0.3 is 9.63 Å². The molecule has 0 radical (unpaired) electrons. The van der Waals surface area contributed by atoms with Crippen molar-refractivity contribution in [3.63, 3.8) is 0 Å². The van der Waals surface area contributed by atoms with E-state index in [-0.39, 0.29) is 0 Å². The molecule has 0 saturated heterocycles.